The summed E-state index contributed by atoms with van der Waals surface area (Å²) >= 11 is 0. The number of hydrogen-bond donors (Lipinski definition) is 0. The van der Waals surface area contributed by atoms with Gasteiger partial charge in [-0.15, -0.1) is 0 Å². The van der Waals surface area contributed by atoms with Gasteiger partial charge in [-0.1, -0.05) is 20.8 Å². The lowest BCUT2D eigenvalue weighted by molar-refractivity contribution is -0.0747. The molecule has 0 saturated heterocycles. The molecule has 1 aromatic rings. The predicted molar refractivity (Wildman–Crippen MR) is 59.0 cm³/mol. The Hall–Kier alpha value is -1.27. The van der Waals surface area contributed by atoms with Crippen molar-refractivity contribution in [1.82, 2.24) is 0 Å². The minimum atomic E-state index is -3.60. The van der Waals surface area contributed by atoms with Crippen molar-refractivity contribution < 1.29 is 30.7 Å². The van der Waals surface area contributed by atoms with Gasteiger partial charge < -0.3 is 0 Å². The molecule has 7 heteroatoms. The Bertz CT molecular complexity index is 481. The zero-order valence-corrected chi connectivity index (χ0v) is 11.0. The van der Waals surface area contributed by atoms with Crippen LogP contribution in [0.1, 0.15) is 38.7 Å². The fraction of sp³-hybridized carbons (Fsp3) is 0.538. The third-order valence-corrected chi connectivity index (χ3v) is 3.52. The number of halogens is 7. The van der Waals surface area contributed by atoms with Gasteiger partial charge in [-0.25, -0.2) is 30.7 Å². The van der Waals surface area contributed by atoms with E-state index in [2.05, 4.69) is 0 Å². The summed E-state index contributed by atoms with van der Waals surface area (Å²) in [7, 11) is 0. The highest BCUT2D eigenvalue weighted by Crippen LogP contribution is 2.43. The highest BCUT2D eigenvalue weighted by molar-refractivity contribution is 5.28. The molecular weight excluding hydrogens is 289 g/mol. The molecule has 0 nitrogen and oxygen atoms in total. The van der Waals surface area contributed by atoms with E-state index in [1.54, 1.807) is 0 Å². The van der Waals surface area contributed by atoms with E-state index in [1.165, 1.54) is 6.92 Å². The maximum absolute atomic E-state index is 13.9. The first-order valence-corrected chi connectivity index (χ1v) is 5.96. The number of rotatable bonds is 4. The SMILES string of the molecule is CCC(C)C(F)(F)C(C)c1c(F)c(F)c(F)c(F)c1F. The zero-order valence-electron chi connectivity index (χ0n) is 11.0. The molecule has 20 heavy (non-hydrogen) atoms. The molecule has 0 radical (unpaired) electrons. The van der Waals surface area contributed by atoms with Crippen molar-refractivity contribution in [2.45, 2.75) is 39.0 Å². The van der Waals surface area contributed by atoms with Crippen LogP contribution in [-0.4, -0.2) is 5.92 Å². The molecule has 1 rings (SSSR count). The summed E-state index contributed by atoms with van der Waals surface area (Å²) in [6.07, 6.45) is -0.00721. The van der Waals surface area contributed by atoms with Crippen LogP contribution in [0.25, 0.3) is 0 Å². The molecule has 0 heterocycles. The molecule has 0 spiro atoms. The van der Waals surface area contributed by atoms with Gasteiger partial charge in [0.15, 0.2) is 23.3 Å². The molecule has 0 N–H and O–H groups in total. The summed E-state index contributed by atoms with van der Waals surface area (Å²) < 4.78 is 93.8. The molecule has 0 fully saturated rings. The van der Waals surface area contributed by atoms with Gasteiger partial charge in [0, 0.05) is 11.5 Å². The van der Waals surface area contributed by atoms with E-state index in [-0.39, 0.29) is 6.42 Å². The predicted octanol–water partition coefficient (Wildman–Crippen LogP) is 5.17. The van der Waals surface area contributed by atoms with E-state index in [1.807, 2.05) is 0 Å². The first-order chi connectivity index (χ1) is 9.07. The third-order valence-electron chi connectivity index (χ3n) is 3.52. The lowest BCUT2D eigenvalue weighted by Gasteiger charge is -2.29. The van der Waals surface area contributed by atoms with Gasteiger partial charge in [-0.3, -0.25) is 0 Å². The minimum Gasteiger partial charge on any atom is -0.206 e. The van der Waals surface area contributed by atoms with Crippen molar-refractivity contribution in [3.63, 3.8) is 0 Å². The van der Waals surface area contributed by atoms with Crippen LogP contribution in [-0.2, 0) is 0 Å². The second kappa shape index (κ2) is 5.61. The van der Waals surface area contributed by atoms with Crippen molar-refractivity contribution in [2.24, 2.45) is 5.92 Å². The molecule has 0 aliphatic rings. The van der Waals surface area contributed by atoms with Crippen LogP contribution in [0.15, 0.2) is 0 Å². The summed E-state index contributed by atoms with van der Waals surface area (Å²) in [6.45, 7) is 3.32. The summed E-state index contributed by atoms with van der Waals surface area (Å²) in [5.74, 6) is -18.2. The largest absolute Gasteiger partial charge is 0.257 e. The van der Waals surface area contributed by atoms with Gasteiger partial charge in [0.1, 0.15) is 0 Å². The van der Waals surface area contributed by atoms with Crippen molar-refractivity contribution in [2.75, 3.05) is 0 Å². The second-order valence-electron chi connectivity index (χ2n) is 4.69. The van der Waals surface area contributed by atoms with Gasteiger partial charge in [-0.2, -0.15) is 0 Å². The molecule has 0 aliphatic carbocycles. The van der Waals surface area contributed by atoms with Crippen LogP contribution in [0.5, 0.6) is 0 Å². The van der Waals surface area contributed by atoms with Gasteiger partial charge in [0.2, 0.25) is 5.82 Å². The average Bonchev–Trinajstić information content (AvgIpc) is 2.41. The average molecular weight is 302 g/mol. The molecule has 0 saturated carbocycles. The van der Waals surface area contributed by atoms with Crippen LogP contribution in [0.4, 0.5) is 30.7 Å². The van der Waals surface area contributed by atoms with Crippen molar-refractivity contribution >= 4 is 0 Å². The van der Waals surface area contributed by atoms with Crippen molar-refractivity contribution in [3.05, 3.63) is 34.6 Å². The zero-order chi connectivity index (χ0) is 15.8. The van der Waals surface area contributed by atoms with E-state index < -0.39 is 52.4 Å². The number of alkyl halides is 2. The highest BCUT2D eigenvalue weighted by Gasteiger charge is 2.45. The molecule has 0 bridgehead atoms. The van der Waals surface area contributed by atoms with Crippen LogP contribution in [0.3, 0.4) is 0 Å². The van der Waals surface area contributed by atoms with E-state index in [0.29, 0.717) is 0 Å². The highest BCUT2D eigenvalue weighted by atomic mass is 19.3. The topological polar surface area (TPSA) is 0 Å². The summed E-state index contributed by atoms with van der Waals surface area (Å²) in [5, 5.41) is 0. The molecule has 2 unspecified atom stereocenters. The Kier molecular flexibility index (Phi) is 4.71. The van der Waals surface area contributed by atoms with Crippen LogP contribution in [0.2, 0.25) is 0 Å². The van der Waals surface area contributed by atoms with E-state index in [9.17, 15) is 30.7 Å². The van der Waals surface area contributed by atoms with Crippen molar-refractivity contribution in [1.29, 1.82) is 0 Å². The van der Waals surface area contributed by atoms with Crippen LogP contribution in [0, 0.1) is 35.0 Å². The molecule has 114 valence electrons. The lowest BCUT2D eigenvalue weighted by atomic mass is 9.85. The third kappa shape index (κ3) is 2.50. The number of hydrogen-bond acceptors (Lipinski definition) is 0. The number of benzene rings is 1. The Labute approximate surface area is 111 Å². The maximum atomic E-state index is 13.9. The van der Waals surface area contributed by atoms with Gasteiger partial charge in [0.25, 0.3) is 5.92 Å². The quantitative estimate of drug-likeness (QED) is 0.409. The first kappa shape index (κ1) is 16.8. The van der Waals surface area contributed by atoms with Gasteiger partial charge in [0.05, 0.1) is 5.92 Å². The smallest absolute Gasteiger partial charge is 0.206 e. The Morgan fingerprint density at radius 2 is 1.15 bits per heavy atom. The van der Waals surface area contributed by atoms with E-state index in [4.69, 9.17) is 0 Å². The first-order valence-electron chi connectivity index (χ1n) is 5.96. The normalized spacial score (nSPS) is 15.3. The molecule has 0 aliphatic heterocycles. The Morgan fingerprint density at radius 3 is 1.50 bits per heavy atom. The Balaban J connectivity index is 3.48. The minimum absolute atomic E-state index is 0.00721. The summed E-state index contributed by atoms with van der Waals surface area (Å²) in [5.41, 5.74) is -1.48. The standard InChI is InChI=1S/C13H13F7/c1-4-5(2)13(19,20)6(3)7-8(14)10(16)12(18)11(17)9(7)15/h5-6H,4H2,1-3H3. The van der Waals surface area contributed by atoms with Crippen LogP contribution >= 0.6 is 0 Å². The monoisotopic (exact) mass is 302 g/mol. The molecule has 0 aromatic heterocycles. The van der Waals surface area contributed by atoms with E-state index >= 15 is 0 Å². The van der Waals surface area contributed by atoms with Crippen molar-refractivity contribution in [3.8, 4) is 0 Å². The van der Waals surface area contributed by atoms with Gasteiger partial charge in [-0.05, 0) is 6.42 Å². The van der Waals surface area contributed by atoms with Gasteiger partial charge >= 0.3 is 0 Å². The fourth-order valence-corrected chi connectivity index (χ4v) is 1.89. The Morgan fingerprint density at radius 1 is 0.800 bits per heavy atom. The molecule has 0 amide bonds. The lowest BCUT2D eigenvalue weighted by Crippen LogP contribution is -2.33. The summed E-state index contributed by atoms with van der Waals surface area (Å²) in [4.78, 5) is 0. The second-order valence-corrected chi connectivity index (χ2v) is 4.69. The fourth-order valence-electron chi connectivity index (χ4n) is 1.89. The molecular formula is C13H13F7. The maximum Gasteiger partial charge on any atom is 0.257 e. The van der Waals surface area contributed by atoms with Crippen LogP contribution < -0.4 is 0 Å². The molecule has 2 atom stereocenters. The van der Waals surface area contributed by atoms with E-state index in [0.717, 1.165) is 13.8 Å². The molecule has 1 aromatic carbocycles. The summed E-state index contributed by atoms with van der Waals surface area (Å²) in [6, 6.07) is 0.